The van der Waals surface area contributed by atoms with Crippen LogP contribution in [0.4, 0.5) is 4.39 Å². The van der Waals surface area contributed by atoms with Crippen LogP contribution in [0, 0.1) is 5.82 Å². The Morgan fingerprint density at radius 3 is 2.40 bits per heavy atom. The van der Waals surface area contributed by atoms with E-state index in [1.807, 2.05) is 0 Å². The molecule has 150 valence electrons. The second-order valence-corrected chi connectivity index (χ2v) is 7.13. The van der Waals surface area contributed by atoms with Crippen LogP contribution < -0.4 is 11.0 Å². The molecule has 1 heterocycles. The summed E-state index contributed by atoms with van der Waals surface area (Å²) in [6.45, 7) is 0. The molecular weight excluding hydrogens is 453 g/mol. The number of alkyl halides is 1. The lowest BCUT2D eigenvalue weighted by molar-refractivity contribution is -0.00332. The Bertz CT molecular complexity index is 1260. The first-order chi connectivity index (χ1) is 14.5. The number of carbonyl (C=O) groups excluding carboxylic acids is 1. The molecule has 4 aromatic rings. The fraction of sp³-hybridized carbons (Fsp3) is 0.0455. The molecule has 0 saturated carbocycles. The Labute approximate surface area is 179 Å². The number of rotatable bonds is 5. The molecule has 0 saturated heterocycles. The maximum Gasteiger partial charge on any atom is 0.274 e. The third kappa shape index (κ3) is 4.00. The van der Waals surface area contributed by atoms with Gasteiger partial charge in [0.2, 0.25) is 5.14 Å². The van der Waals surface area contributed by atoms with Gasteiger partial charge in [0.15, 0.2) is 0 Å². The minimum atomic E-state index is -1.06. The maximum absolute atomic E-state index is 13.4. The van der Waals surface area contributed by atoms with Crippen molar-refractivity contribution < 1.29 is 14.0 Å². The van der Waals surface area contributed by atoms with E-state index >= 15 is 0 Å². The topological polar surface area (TPSA) is 73.2 Å². The predicted molar refractivity (Wildman–Crippen MR) is 114 cm³/mol. The van der Waals surface area contributed by atoms with E-state index in [9.17, 15) is 14.0 Å². The van der Waals surface area contributed by atoms with Crippen LogP contribution >= 0.6 is 15.9 Å². The van der Waals surface area contributed by atoms with E-state index in [2.05, 4.69) is 26.4 Å². The fourth-order valence-electron chi connectivity index (χ4n) is 2.94. The average Bonchev–Trinajstić information content (AvgIpc) is 2.78. The van der Waals surface area contributed by atoms with Crippen molar-refractivity contribution >= 4 is 32.7 Å². The third-order valence-electron chi connectivity index (χ3n) is 4.40. The molecule has 0 fully saturated rings. The molecule has 1 N–H and O–H groups in total. The van der Waals surface area contributed by atoms with Crippen molar-refractivity contribution in [1.29, 1.82) is 0 Å². The number of carbonyl (C=O) groups is 1. The zero-order valence-electron chi connectivity index (χ0n) is 15.5. The molecule has 4 rings (SSSR count). The van der Waals surface area contributed by atoms with E-state index in [1.54, 1.807) is 54.6 Å². The molecule has 30 heavy (non-hydrogen) atoms. The minimum Gasteiger partial charge on any atom is -0.268 e. The summed E-state index contributed by atoms with van der Waals surface area (Å²) < 4.78 is 14.6. The van der Waals surface area contributed by atoms with Gasteiger partial charge in [-0.15, -0.1) is 0 Å². The van der Waals surface area contributed by atoms with Crippen LogP contribution in [-0.4, -0.2) is 15.5 Å². The highest BCUT2D eigenvalue weighted by Gasteiger charge is 2.20. The highest BCUT2D eigenvalue weighted by Crippen LogP contribution is 2.25. The SMILES string of the molecule is O=C(NOC(Br)n1c(-c2ccc(F)cc2)nc2ccccc2c1=O)c1ccccc1. The van der Waals surface area contributed by atoms with Crippen molar-refractivity contribution in [3.8, 4) is 11.4 Å². The lowest BCUT2D eigenvalue weighted by Crippen LogP contribution is -2.32. The summed E-state index contributed by atoms with van der Waals surface area (Å²) in [5.74, 6) is -0.616. The van der Waals surface area contributed by atoms with Gasteiger partial charge in [-0.25, -0.2) is 19.7 Å². The van der Waals surface area contributed by atoms with Crippen molar-refractivity contribution in [1.82, 2.24) is 15.0 Å². The van der Waals surface area contributed by atoms with E-state index in [4.69, 9.17) is 4.84 Å². The molecule has 0 aliphatic rings. The molecule has 1 amide bonds. The number of nitrogens with zero attached hydrogens (tertiary/aromatic N) is 2. The summed E-state index contributed by atoms with van der Waals surface area (Å²) in [6.07, 6.45) is 0. The van der Waals surface area contributed by atoms with Crippen molar-refractivity contribution in [2.75, 3.05) is 0 Å². The predicted octanol–water partition coefficient (Wildman–Crippen LogP) is 4.42. The van der Waals surface area contributed by atoms with E-state index in [-0.39, 0.29) is 11.4 Å². The number of hydrogen-bond donors (Lipinski definition) is 1. The summed E-state index contributed by atoms with van der Waals surface area (Å²) in [6, 6.07) is 21.0. The molecular formula is C22H15BrFN3O3. The zero-order valence-corrected chi connectivity index (χ0v) is 17.0. The Morgan fingerprint density at radius 1 is 1.00 bits per heavy atom. The Balaban J connectivity index is 1.73. The van der Waals surface area contributed by atoms with Gasteiger partial charge < -0.3 is 0 Å². The van der Waals surface area contributed by atoms with E-state index in [0.29, 0.717) is 22.0 Å². The molecule has 1 atom stereocenters. The van der Waals surface area contributed by atoms with Gasteiger partial charge in [0.1, 0.15) is 11.6 Å². The van der Waals surface area contributed by atoms with Crippen LogP contribution in [0.5, 0.6) is 0 Å². The van der Waals surface area contributed by atoms with Crippen LogP contribution in [0.3, 0.4) is 0 Å². The number of aromatic nitrogens is 2. The van der Waals surface area contributed by atoms with Crippen LogP contribution in [0.1, 0.15) is 15.5 Å². The van der Waals surface area contributed by atoms with Crippen molar-refractivity contribution in [2.45, 2.75) is 5.14 Å². The van der Waals surface area contributed by atoms with E-state index in [1.165, 1.54) is 28.8 Å². The van der Waals surface area contributed by atoms with Gasteiger partial charge in [0.25, 0.3) is 11.5 Å². The van der Waals surface area contributed by atoms with Crippen LogP contribution in [-0.2, 0) is 4.84 Å². The van der Waals surface area contributed by atoms with Crippen molar-refractivity contribution in [2.24, 2.45) is 0 Å². The standard InChI is InChI=1S/C22H15BrFN3O3/c23-22(30-26-20(28)15-6-2-1-3-7-15)27-19(14-10-12-16(24)13-11-14)25-18-9-5-4-8-17(18)21(27)29/h1-13,22H,(H,26,28). The first kappa shape index (κ1) is 19.9. The maximum atomic E-state index is 13.4. The van der Waals surface area contributed by atoms with E-state index < -0.39 is 16.9 Å². The number of halogens is 2. The molecule has 1 aromatic heterocycles. The summed E-state index contributed by atoms with van der Waals surface area (Å²) in [7, 11) is 0. The molecule has 3 aromatic carbocycles. The van der Waals surface area contributed by atoms with Gasteiger partial charge in [-0.2, -0.15) is 0 Å². The molecule has 0 spiro atoms. The van der Waals surface area contributed by atoms with Gasteiger partial charge in [-0.1, -0.05) is 30.3 Å². The fourth-order valence-corrected chi connectivity index (χ4v) is 3.41. The molecule has 0 aliphatic heterocycles. The molecule has 0 bridgehead atoms. The number of hydrogen-bond acceptors (Lipinski definition) is 4. The van der Waals surface area contributed by atoms with Crippen molar-refractivity contribution in [3.05, 3.63) is 101 Å². The number of nitrogens with one attached hydrogen (secondary N) is 1. The number of fused-ring (bicyclic) bond motifs is 1. The first-order valence-corrected chi connectivity index (χ1v) is 9.88. The average molecular weight is 468 g/mol. The van der Waals surface area contributed by atoms with Gasteiger partial charge in [0.05, 0.1) is 10.9 Å². The van der Waals surface area contributed by atoms with Gasteiger partial charge in [-0.05, 0) is 64.5 Å². The molecule has 0 aliphatic carbocycles. The quantitative estimate of drug-likeness (QED) is 0.348. The number of hydroxylamine groups is 1. The second-order valence-electron chi connectivity index (χ2n) is 6.34. The first-order valence-electron chi connectivity index (χ1n) is 8.97. The Morgan fingerprint density at radius 2 is 1.67 bits per heavy atom. The number of para-hydroxylation sites is 1. The van der Waals surface area contributed by atoms with Crippen LogP contribution in [0.2, 0.25) is 0 Å². The highest BCUT2D eigenvalue weighted by atomic mass is 79.9. The molecule has 0 radical (unpaired) electrons. The molecule has 6 nitrogen and oxygen atoms in total. The Kier molecular flexibility index (Phi) is 5.69. The lowest BCUT2D eigenvalue weighted by Gasteiger charge is -2.19. The summed E-state index contributed by atoms with van der Waals surface area (Å²) in [5, 5.41) is -0.680. The molecule has 1 unspecified atom stereocenters. The highest BCUT2D eigenvalue weighted by molar-refractivity contribution is 9.09. The summed E-state index contributed by atoms with van der Waals surface area (Å²) >= 11 is 3.30. The normalized spacial score (nSPS) is 11.9. The minimum absolute atomic E-state index is 0.259. The third-order valence-corrected chi connectivity index (χ3v) is 4.99. The van der Waals surface area contributed by atoms with Gasteiger partial charge in [0, 0.05) is 11.1 Å². The smallest absolute Gasteiger partial charge is 0.268 e. The second kappa shape index (κ2) is 8.56. The number of benzene rings is 3. The largest absolute Gasteiger partial charge is 0.274 e. The van der Waals surface area contributed by atoms with Gasteiger partial charge >= 0.3 is 0 Å². The molecule has 8 heteroatoms. The van der Waals surface area contributed by atoms with Crippen LogP contribution in [0.25, 0.3) is 22.3 Å². The Hall–Kier alpha value is -3.36. The summed E-state index contributed by atoms with van der Waals surface area (Å²) in [4.78, 5) is 35.4. The zero-order chi connectivity index (χ0) is 21.1. The van der Waals surface area contributed by atoms with E-state index in [0.717, 1.165) is 0 Å². The van der Waals surface area contributed by atoms with Crippen LogP contribution in [0.15, 0.2) is 83.7 Å². The van der Waals surface area contributed by atoms with Gasteiger partial charge in [-0.3, -0.25) is 14.2 Å². The lowest BCUT2D eigenvalue weighted by atomic mass is 10.2. The van der Waals surface area contributed by atoms with Crippen molar-refractivity contribution in [3.63, 3.8) is 0 Å². The number of amides is 1. The summed E-state index contributed by atoms with van der Waals surface area (Å²) in [5.41, 5.74) is 3.36. The monoisotopic (exact) mass is 467 g/mol.